The van der Waals surface area contributed by atoms with Gasteiger partial charge in [-0.25, -0.2) is 19.2 Å². The third kappa shape index (κ3) is 6.28. The molecule has 29 heavy (non-hydrogen) atoms. The molecule has 2 amide bonds. The number of allylic oxidation sites excluding steroid dienone is 3. The van der Waals surface area contributed by atoms with Crippen LogP contribution < -0.4 is 21.0 Å². The number of aromatic nitrogens is 2. The zero-order valence-electron chi connectivity index (χ0n) is 16.2. The van der Waals surface area contributed by atoms with Crippen molar-refractivity contribution >= 4 is 35.6 Å². The monoisotopic (exact) mass is 419 g/mol. The van der Waals surface area contributed by atoms with Crippen molar-refractivity contribution in [3.8, 4) is 0 Å². The second kappa shape index (κ2) is 9.51. The molecule has 0 spiro atoms. The number of nitrogens with one attached hydrogen (secondary N) is 3. The Balaban J connectivity index is 1.54. The molecule has 1 aliphatic heterocycles. The minimum atomic E-state index is -0.562. The fourth-order valence-electron chi connectivity index (χ4n) is 2.51. The Kier molecular flexibility index (Phi) is 6.82. The lowest BCUT2D eigenvalue weighted by molar-refractivity contribution is 0.244. The van der Waals surface area contributed by atoms with Crippen molar-refractivity contribution in [2.24, 2.45) is 5.10 Å². The third-order valence-electron chi connectivity index (χ3n) is 4.17. The second-order valence-electron chi connectivity index (χ2n) is 6.67. The predicted octanol–water partition coefficient (Wildman–Crippen LogP) is 3.27. The highest BCUT2D eigenvalue weighted by Gasteiger charge is 2.23. The van der Waals surface area contributed by atoms with Crippen LogP contribution in [-0.2, 0) is 0 Å². The van der Waals surface area contributed by atoms with Crippen LogP contribution in [0, 0.1) is 5.82 Å². The zero-order valence-corrected chi connectivity index (χ0v) is 17.0. The smallest absolute Gasteiger partial charge is 0.319 e. The van der Waals surface area contributed by atoms with Gasteiger partial charge in [0.15, 0.2) is 11.6 Å². The minimum Gasteiger partial charge on any atom is -0.351 e. The van der Waals surface area contributed by atoms with Gasteiger partial charge in [-0.2, -0.15) is 10.1 Å². The maximum Gasteiger partial charge on any atom is 0.319 e. The molecule has 1 fully saturated rings. The van der Waals surface area contributed by atoms with E-state index in [0.29, 0.717) is 29.3 Å². The molecule has 154 valence electrons. The number of carbonyl (C=O) groups excluding carboxylic acids is 1. The normalized spacial score (nSPS) is 17.1. The summed E-state index contributed by atoms with van der Waals surface area (Å²) in [6.07, 6.45) is 10.1. The fraction of sp³-hybridized carbons (Fsp3) is 0.368. The second-order valence-corrected chi connectivity index (χ2v) is 7.27. The van der Waals surface area contributed by atoms with Gasteiger partial charge in [0.2, 0.25) is 5.95 Å². The quantitative estimate of drug-likeness (QED) is 0.589. The molecular formula is C19H23ClFN7O. The molecule has 0 atom stereocenters. The average Bonchev–Trinajstić information content (AvgIpc) is 3.51. The lowest BCUT2D eigenvalue weighted by Crippen LogP contribution is -2.38. The van der Waals surface area contributed by atoms with E-state index in [0.717, 1.165) is 24.6 Å². The molecule has 0 bridgehead atoms. The van der Waals surface area contributed by atoms with Crippen LogP contribution in [0.25, 0.3) is 0 Å². The Bertz CT molecular complexity index is 889. The molecule has 0 saturated heterocycles. The molecule has 1 aromatic heterocycles. The van der Waals surface area contributed by atoms with E-state index >= 15 is 0 Å². The highest BCUT2D eigenvalue weighted by molar-refractivity contribution is 6.29. The number of rotatable bonds is 7. The summed E-state index contributed by atoms with van der Waals surface area (Å²) in [5.74, 6) is -0.0972. The number of hydrogen-bond donors (Lipinski definition) is 3. The summed E-state index contributed by atoms with van der Waals surface area (Å²) in [4.78, 5) is 20.2. The summed E-state index contributed by atoms with van der Waals surface area (Å²) in [5.41, 5.74) is 1.40. The highest BCUT2D eigenvalue weighted by Crippen LogP contribution is 2.25. The van der Waals surface area contributed by atoms with Crippen LogP contribution in [-0.4, -0.2) is 41.3 Å². The summed E-state index contributed by atoms with van der Waals surface area (Å²) in [5, 5.41) is 14.8. The molecule has 0 unspecified atom stereocenters. The van der Waals surface area contributed by atoms with Crippen LogP contribution in [0.1, 0.15) is 26.7 Å². The number of nitrogens with zero attached hydrogens (tertiary/aromatic N) is 4. The first kappa shape index (κ1) is 20.8. The molecular weight excluding hydrogens is 397 g/mol. The van der Waals surface area contributed by atoms with Crippen LogP contribution in [0.5, 0.6) is 0 Å². The van der Waals surface area contributed by atoms with Gasteiger partial charge in [0.05, 0.1) is 24.7 Å². The summed E-state index contributed by atoms with van der Waals surface area (Å²) >= 11 is 5.86. The first-order valence-corrected chi connectivity index (χ1v) is 9.67. The summed E-state index contributed by atoms with van der Waals surface area (Å²) in [6.45, 7) is 4.24. The molecule has 1 aliphatic carbocycles. The molecule has 10 heteroatoms. The van der Waals surface area contributed by atoms with Gasteiger partial charge < -0.3 is 16.0 Å². The minimum absolute atomic E-state index is 0.0834. The Morgan fingerprint density at radius 2 is 2.24 bits per heavy atom. The predicted molar refractivity (Wildman–Crippen MR) is 112 cm³/mol. The van der Waals surface area contributed by atoms with Gasteiger partial charge >= 0.3 is 6.03 Å². The van der Waals surface area contributed by atoms with Crippen molar-refractivity contribution < 1.29 is 9.18 Å². The highest BCUT2D eigenvalue weighted by atomic mass is 35.5. The van der Waals surface area contributed by atoms with E-state index in [1.807, 2.05) is 13.0 Å². The molecule has 1 saturated carbocycles. The van der Waals surface area contributed by atoms with Crippen LogP contribution in [0.4, 0.5) is 21.0 Å². The van der Waals surface area contributed by atoms with Crippen LogP contribution in [0.2, 0.25) is 0 Å². The van der Waals surface area contributed by atoms with Gasteiger partial charge in [-0.3, -0.25) is 0 Å². The Labute approximate surface area is 173 Å². The van der Waals surface area contributed by atoms with Crippen molar-refractivity contribution in [2.45, 2.75) is 32.7 Å². The Hall–Kier alpha value is -2.94. The topological polar surface area (TPSA) is 94.5 Å². The van der Waals surface area contributed by atoms with Gasteiger partial charge in [-0.05, 0) is 44.4 Å². The summed E-state index contributed by atoms with van der Waals surface area (Å²) in [6, 6.07) is -0.0143. The molecule has 0 radical (unpaired) electrons. The van der Waals surface area contributed by atoms with Crippen molar-refractivity contribution in [3.63, 3.8) is 0 Å². The average molecular weight is 420 g/mol. The molecule has 8 nitrogen and oxygen atoms in total. The van der Waals surface area contributed by atoms with Gasteiger partial charge in [0.1, 0.15) is 0 Å². The number of urea groups is 1. The van der Waals surface area contributed by atoms with Crippen molar-refractivity contribution in [1.82, 2.24) is 20.6 Å². The van der Waals surface area contributed by atoms with Gasteiger partial charge in [-0.1, -0.05) is 17.7 Å². The van der Waals surface area contributed by atoms with E-state index in [1.54, 1.807) is 19.1 Å². The lowest BCUT2D eigenvalue weighted by atomic mass is 10.2. The van der Waals surface area contributed by atoms with E-state index in [-0.39, 0.29) is 18.4 Å². The first-order valence-electron chi connectivity index (χ1n) is 9.29. The molecule has 3 rings (SSSR count). The number of halogens is 2. The molecule has 2 aliphatic rings. The lowest BCUT2D eigenvalue weighted by Gasteiger charge is -2.21. The van der Waals surface area contributed by atoms with Crippen molar-refractivity contribution in [2.75, 3.05) is 23.4 Å². The number of carbonyl (C=O) groups is 1. The van der Waals surface area contributed by atoms with Crippen LogP contribution in [0.15, 0.2) is 45.8 Å². The maximum absolute atomic E-state index is 14.1. The van der Waals surface area contributed by atoms with Gasteiger partial charge in [-0.15, -0.1) is 0 Å². The number of anilines is 2. The number of hydrazone groups is 1. The Morgan fingerprint density at radius 3 is 2.86 bits per heavy atom. The third-order valence-corrected chi connectivity index (χ3v) is 4.28. The van der Waals surface area contributed by atoms with E-state index in [1.165, 1.54) is 11.2 Å². The number of amides is 2. The molecule has 1 aromatic rings. The van der Waals surface area contributed by atoms with Crippen molar-refractivity contribution in [3.05, 3.63) is 46.5 Å². The van der Waals surface area contributed by atoms with E-state index in [9.17, 15) is 9.18 Å². The Morgan fingerprint density at radius 1 is 1.45 bits per heavy atom. The summed E-state index contributed by atoms with van der Waals surface area (Å²) in [7, 11) is 0. The van der Waals surface area contributed by atoms with E-state index < -0.39 is 5.82 Å². The maximum atomic E-state index is 14.1. The van der Waals surface area contributed by atoms with Crippen LogP contribution >= 0.6 is 11.6 Å². The van der Waals surface area contributed by atoms with E-state index in [4.69, 9.17) is 11.6 Å². The standard InChI is InChI=1S/C19H23ClFN7O/c1-3-13(8-12(2)20)9-23-19(29)26-15-6-7-28(24-10-15)17-16(21)11-22-18(27-17)25-14-4-5-14/h3,6,8,10-11,14H,4-5,7,9H2,1-2H3,(H,22,25,27)(H2,23,26,29)/b12-8+,13-3+. The molecule has 0 aromatic carbocycles. The fourth-order valence-corrected chi connectivity index (χ4v) is 2.65. The van der Waals surface area contributed by atoms with E-state index in [2.05, 4.69) is 31.0 Å². The van der Waals surface area contributed by atoms with Gasteiger partial charge in [0.25, 0.3) is 0 Å². The zero-order chi connectivity index (χ0) is 20.8. The van der Waals surface area contributed by atoms with Gasteiger partial charge in [0, 0.05) is 17.6 Å². The molecule has 2 heterocycles. The molecule has 3 N–H and O–H groups in total. The number of hydrogen-bond acceptors (Lipinski definition) is 6. The first-order chi connectivity index (χ1) is 13.9. The van der Waals surface area contributed by atoms with Crippen LogP contribution in [0.3, 0.4) is 0 Å². The van der Waals surface area contributed by atoms with Crippen molar-refractivity contribution in [1.29, 1.82) is 0 Å². The SMILES string of the molecule is C/C=C(\C=C(/C)Cl)CNC(=O)NC1=CCN(c2nc(NC3CC3)ncc2F)N=C1. The summed E-state index contributed by atoms with van der Waals surface area (Å²) < 4.78 is 14.1. The largest absolute Gasteiger partial charge is 0.351 e.